The maximum atomic E-state index is 13.0. The van der Waals surface area contributed by atoms with Crippen molar-refractivity contribution in [3.63, 3.8) is 0 Å². The van der Waals surface area contributed by atoms with Crippen molar-refractivity contribution >= 4 is 38.2 Å². The summed E-state index contributed by atoms with van der Waals surface area (Å²) in [6.07, 6.45) is 0. The van der Waals surface area contributed by atoms with Crippen molar-refractivity contribution in [2.45, 2.75) is 13.8 Å². The second kappa shape index (κ2) is 8.11. The largest absolute Gasteiger partial charge is 0.497 e. The number of benzene rings is 2. The lowest BCUT2D eigenvalue weighted by Crippen LogP contribution is -2.38. The number of methoxy groups -OCH3 is 1. The van der Waals surface area contributed by atoms with Gasteiger partial charge in [0.2, 0.25) is 5.91 Å². The first kappa shape index (κ1) is 21.3. The van der Waals surface area contributed by atoms with Crippen molar-refractivity contribution in [2.75, 3.05) is 19.0 Å². The maximum absolute atomic E-state index is 13.0. The Balaban J connectivity index is 1.82. The van der Waals surface area contributed by atoms with Crippen molar-refractivity contribution in [1.82, 2.24) is 4.31 Å². The van der Waals surface area contributed by atoms with E-state index >= 15 is 0 Å². The number of hydrogen-bond donors (Lipinski definition) is 1. The Morgan fingerprint density at radius 1 is 1.10 bits per heavy atom. The number of carbonyl (C=O) groups is 3. The van der Waals surface area contributed by atoms with E-state index in [0.717, 1.165) is 0 Å². The molecule has 9 heteroatoms. The fourth-order valence-electron chi connectivity index (χ4n) is 3.11. The molecule has 30 heavy (non-hydrogen) atoms. The molecule has 0 unspecified atom stereocenters. The van der Waals surface area contributed by atoms with E-state index in [2.05, 4.69) is 5.32 Å². The third kappa shape index (κ3) is 3.97. The Kier molecular flexibility index (Phi) is 5.75. The molecular formula is C21H20N2O6S. The first-order valence-electron chi connectivity index (χ1n) is 8.98. The van der Waals surface area contributed by atoms with Gasteiger partial charge in [0.15, 0.2) is 5.78 Å². The highest BCUT2D eigenvalue weighted by Gasteiger charge is 2.43. The summed E-state index contributed by atoms with van der Waals surface area (Å²) in [5.41, 5.74) is 1.10. The van der Waals surface area contributed by atoms with Gasteiger partial charge in [-0.25, -0.2) is 12.7 Å². The number of hydrogen-bond acceptors (Lipinski definition) is 6. The van der Waals surface area contributed by atoms with Crippen LogP contribution in [0.5, 0.6) is 5.75 Å². The lowest BCUT2D eigenvalue weighted by atomic mass is 10.1. The normalized spacial score (nSPS) is 15.3. The van der Waals surface area contributed by atoms with E-state index in [-0.39, 0.29) is 16.3 Å². The van der Waals surface area contributed by atoms with Crippen molar-refractivity contribution in [3.05, 3.63) is 65.2 Å². The van der Waals surface area contributed by atoms with Gasteiger partial charge in [-0.05, 0) is 55.8 Å². The van der Waals surface area contributed by atoms with E-state index in [4.69, 9.17) is 4.74 Å². The third-order valence-corrected chi connectivity index (χ3v) is 6.56. The number of nitrogens with zero attached hydrogens (tertiary/aromatic N) is 1. The zero-order valence-corrected chi connectivity index (χ0v) is 17.4. The van der Waals surface area contributed by atoms with Crippen molar-refractivity contribution < 1.29 is 27.5 Å². The Morgan fingerprint density at radius 3 is 2.37 bits per heavy atom. The van der Waals surface area contributed by atoms with E-state index in [1.807, 2.05) is 0 Å². The molecular weight excluding hydrogens is 408 g/mol. The monoisotopic (exact) mass is 428 g/mol. The van der Waals surface area contributed by atoms with Gasteiger partial charge in [0, 0.05) is 16.8 Å². The van der Waals surface area contributed by atoms with Crippen LogP contribution in [0.4, 0.5) is 5.69 Å². The predicted octanol–water partition coefficient (Wildman–Crippen LogP) is 2.44. The summed E-state index contributed by atoms with van der Waals surface area (Å²) in [4.78, 5) is 36.4. The van der Waals surface area contributed by atoms with Crippen LogP contribution >= 0.6 is 0 Å². The van der Waals surface area contributed by atoms with Gasteiger partial charge in [-0.1, -0.05) is 12.1 Å². The molecule has 0 aromatic heterocycles. The van der Waals surface area contributed by atoms with Crippen LogP contribution < -0.4 is 10.1 Å². The zero-order valence-electron chi connectivity index (χ0n) is 16.6. The standard InChI is InChI=1S/C21H20N2O6S/c1-13-20(15-7-9-18(29-3)10-8-15)30(27,28)23(21(13)26)12-19(25)22-17-6-4-5-16(11-17)14(2)24/h4-11H,12H2,1-3H3,(H,22,25). The number of ketones is 1. The highest BCUT2D eigenvalue weighted by atomic mass is 32.2. The van der Waals surface area contributed by atoms with E-state index in [9.17, 15) is 22.8 Å². The van der Waals surface area contributed by atoms with E-state index in [1.54, 1.807) is 42.5 Å². The summed E-state index contributed by atoms with van der Waals surface area (Å²) < 4.78 is 31.6. The summed E-state index contributed by atoms with van der Waals surface area (Å²) in [5, 5.41) is 2.52. The average Bonchev–Trinajstić information content (AvgIpc) is 2.87. The van der Waals surface area contributed by atoms with E-state index in [1.165, 1.54) is 27.0 Å². The van der Waals surface area contributed by atoms with Crippen LogP contribution in [-0.2, 0) is 19.6 Å². The minimum absolute atomic E-state index is 0.0338. The number of amides is 2. The molecule has 0 bridgehead atoms. The van der Waals surface area contributed by atoms with Gasteiger partial charge >= 0.3 is 0 Å². The Bertz CT molecular complexity index is 1170. The zero-order chi connectivity index (χ0) is 22.1. The lowest BCUT2D eigenvalue weighted by Gasteiger charge is -2.16. The molecule has 2 aromatic rings. The Morgan fingerprint density at radius 2 is 1.77 bits per heavy atom. The summed E-state index contributed by atoms with van der Waals surface area (Å²) >= 11 is 0. The molecule has 0 fully saturated rings. The highest BCUT2D eigenvalue weighted by Crippen LogP contribution is 2.35. The summed E-state index contributed by atoms with van der Waals surface area (Å²) in [6.45, 7) is 2.13. The topological polar surface area (TPSA) is 110 Å². The maximum Gasteiger partial charge on any atom is 0.268 e. The van der Waals surface area contributed by atoms with Crippen molar-refractivity contribution in [2.24, 2.45) is 0 Å². The molecule has 1 aliphatic rings. The number of carbonyl (C=O) groups excluding carboxylic acids is 3. The van der Waals surface area contributed by atoms with Crippen LogP contribution in [0.2, 0.25) is 0 Å². The highest BCUT2D eigenvalue weighted by molar-refractivity contribution is 7.99. The van der Waals surface area contributed by atoms with Gasteiger partial charge in [-0.15, -0.1) is 0 Å². The molecule has 0 radical (unpaired) electrons. The number of sulfonamides is 1. The van der Waals surface area contributed by atoms with Gasteiger partial charge in [-0.2, -0.15) is 0 Å². The van der Waals surface area contributed by atoms with Crippen molar-refractivity contribution in [1.29, 1.82) is 0 Å². The number of ether oxygens (including phenoxy) is 1. The molecule has 156 valence electrons. The molecule has 1 heterocycles. The van der Waals surface area contributed by atoms with Crippen LogP contribution in [0.15, 0.2) is 54.1 Å². The smallest absolute Gasteiger partial charge is 0.268 e. The van der Waals surface area contributed by atoms with E-state index in [0.29, 0.717) is 26.9 Å². The number of anilines is 1. The summed E-state index contributed by atoms with van der Waals surface area (Å²) in [6, 6.07) is 12.5. The van der Waals surface area contributed by atoms with Gasteiger partial charge in [-0.3, -0.25) is 14.4 Å². The van der Waals surface area contributed by atoms with Crippen LogP contribution in [-0.4, -0.2) is 44.0 Å². The van der Waals surface area contributed by atoms with Gasteiger partial charge in [0.05, 0.1) is 7.11 Å². The molecule has 3 rings (SSSR count). The number of nitrogens with one attached hydrogen (secondary N) is 1. The average molecular weight is 428 g/mol. The Hall–Kier alpha value is -3.46. The van der Waals surface area contributed by atoms with Crippen LogP contribution in [0.3, 0.4) is 0 Å². The molecule has 8 nitrogen and oxygen atoms in total. The summed E-state index contributed by atoms with van der Waals surface area (Å²) in [5.74, 6) is -1.08. The molecule has 2 aromatic carbocycles. The molecule has 0 atom stereocenters. The second-order valence-electron chi connectivity index (χ2n) is 6.68. The molecule has 0 saturated heterocycles. The van der Waals surface area contributed by atoms with Crippen LogP contribution in [0, 0.1) is 0 Å². The molecule has 0 saturated carbocycles. The summed E-state index contributed by atoms with van der Waals surface area (Å²) in [7, 11) is -2.71. The fraction of sp³-hybridized carbons (Fsp3) is 0.190. The molecule has 0 aliphatic carbocycles. The Labute approximate surface area is 174 Å². The molecule has 2 amide bonds. The van der Waals surface area contributed by atoms with E-state index < -0.39 is 28.4 Å². The SMILES string of the molecule is COc1ccc(C2=C(C)C(=O)N(CC(=O)Nc3cccc(C(C)=O)c3)S2(=O)=O)cc1. The molecule has 1 aliphatic heterocycles. The predicted molar refractivity (Wildman–Crippen MR) is 111 cm³/mol. The minimum Gasteiger partial charge on any atom is -0.497 e. The third-order valence-electron chi connectivity index (χ3n) is 4.63. The fourth-order valence-corrected chi connectivity index (χ4v) is 4.88. The molecule has 0 spiro atoms. The van der Waals surface area contributed by atoms with Crippen LogP contribution in [0.25, 0.3) is 4.91 Å². The quantitative estimate of drug-likeness (QED) is 0.708. The first-order valence-corrected chi connectivity index (χ1v) is 10.4. The van der Waals surface area contributed by atoms with Gasteiger partial charge < -0.3 is 10.1 Å². The second-order valence-corrected chi connectivity index (χ2v) is 8.48. The van der Waals surface area contributed by atoms with Crippen LogP contribution in [0.1, 0.15) is 29.8 Å². The number of rotatable bonds is 6. The van der Waals surface area contributed by atoms with Crippen molar-refractivity contribution in [3.8, 4) is 5.75 Å². The number of Topliss-reactive ketones (excluding diaryl/α,β-unsaturated/α-hetero) is 1. The van der Waals surface area contributed by atoms with Gasteiger partial charge in [0.25, 0.3) is 15.9 Å². The van der Waals surface area contributed by atoms with Gasteiger partial charge in [0.1, 0.15) is 17.2 Å². The minimum atomic E-state index is -4.20. The lowest BCUT2D eigenvalue weighted by molar-refractivity contribution is -0.126. The first-order chi connectivity index (χ1) is 14.1. The molecule has 1 N–H and O–H groups in total.